The Balaban J connectivity index is 1.86. The molecule has 0 saturated carbocycles. The highest BCUT2D eigenvalue weighted by atomic mass is 16.5. The Hall–Kier alpha value is -3.55. The zero-order valence-electron chi connectivity index (χ0n) is 16.0. The van der Waals surface area contributed by atoms with Gasteiger partial charge in [-0.1, -0.05) is 18.2 Å². The van der Waals surface area contributed by atoms with E-state index in [9.17, 15) is 9.59 Å². The summed E-state index contributed by atoms with van der Waals surface area (Å²) in [6.45, 7) is 0. The predicted octanol–water partition coefficient (Wildman–Crippen LogP) is 2.58. The fourth-order valence-electron chi connectivity index (χ4n) is 2.38. The van der Waals surface area contributed by atoms with Crippen LogP contribution in [0, 0.1) is 0 Å². The molecular weight excluding hydrogens is 362 g/mol. The molecule has 8 nitrogen and oxygen atoms in total. The van der Waals surface area contributed by atoms with Gasteiger partial charge in [0, 0.05) is 24.1 Å². The number of anilines is 1. The summed E-state index contributed by atoms with van der Waals surface area (Å²) in [5.74, 6) is 0.817. The highest BCUT2D eigenvalue weighted by Gasteiger charge is 2.12. The summed E-state index contributed by atoms with van der Waals surface area (Å²) in [6, 6.07) is 12.4. The zero-order valence-corrected chi connectivity index (χ0v) is 16.0. The van der Waals surface area contributed by atoms with E-state index in [1.165, 1.54) is 27.5 Å². The Morgan fingerprint density at radius 1 is 0.929 bits per heavy atom. The van der Waals surface area contributed by atoms with E-state index in [1.54, 1.807) is 24.3 Å². The molecule has 0 atom stereocenters. The van der Waals surface area contributed by atoms with Crippen molar-refractivity contribution in [1.29, 1.82) is 0 Å². The molecule has 0 heterocycles. The molecular formula is C20H23N3O5. The minimum absolute atomic E-state index is 0.0191. The van der Waals surface area contributed by atoms with Crippen molar-refractivity contribution in [2.24, 2.45) is 5.10 Å². The maximum Gasteiger partial charge on any atom is 0.240 e. The van der Waals surface area contributed by atoms with Crippen molar-refractivity contribution >= 4 is 23.7 Å². The number of nitrogens with one attached hydrogen (secondary N) is 2. The van der Waals surface area contributed by atoms with E-state index < -0.39 is 0 Å². The number of carbonyl (C=O) groups excluding carboxylic acids is 2. The molecule has 0 fully saturated rings. The Morgan fingerprint density at radius 3 is 2.11 bits per heavy atom. The van der Waals surface area contributed by atoms with E-state index >= 15 is 0 Å². The van der Waals surface area contributed by atoms with Crippen molar-refractivity contribution in [2.45, 2.75) is 12.8 Å². The minimum Gasteiger partial charge on any atom is -0.493 e. The first-order chi connectivity index (χ1) is 13.6. The Labute approximate surface area is 163 Å². The first kappa shape index (κ1) is 20.8. The largest absolute Gasteiger partial charge is 0.493 e. The molecule has 148 valence electrons. The van der Waals surface area contributed by atoms with Crippen LogP contribution in [-0.2, 0) is 9.59 Å². The highest BCUT2D eigenvalue weighted by Crippen LogP contribution is 2.37. The van der Waals surface area contributed by atoms with Crippen LogP contribution in [0.5, 0.6) is 17.2 Å². The fraction of sp³-hybridized carbons (Fsp3) is 0.250. The van der Waals surface area contributed by atoms with Gasteiger partial charge < -0.3 is 19.5 Å². The average molecular weight is 385 g/mol. The molecule has 0 aromatic heterocycles. The number of nitrogens with zero attached hydrogens (tertiary/aromatic N) is 1. The van der Waals surface area contributed by atoms with Crippen LogP contribution in [0.25, 0.3) is 0 Å². The lowest BCUT2D eigenvalue weighted by atomic mass is 10.2. The van der Waals surface area contributed by atoms with E-state index in [0.29, 0.717) is 28.5 Å². The number of rotatable bonds is 9. The Bertz CT molecular complexity index is 812. The maximum absolute atomic E-state index is 11.9. The first-order valence-corrected chi connectivity index (χ1v) is 8.54. The number of para-hydroxylation sites is 1. The quantitative estimate of drug-likeness (QED) is 0.511. The number of ether oxygens (including phenoxy) is 3. The molecule has 0 saturated heterocycles. The molecule has 0 aliphatic rings. The van der Waals surface area contributed by atoms with Crippen molar-refractivity contribution < 1.29 is 23.8 Å². The average Bonchev–Trinajstić information content (AvgIpc) is 2.72. The van der Waals surface area contributed by atoms with Crippen LogP contribution in [0.4, 0.5) is 5.69 Å². The summed E-state index contributed by atoms with van der Waals surface area (Å²) in [6.07, 6.45) is 1.53. The van der Waals surface area contributed by atoms with Crippen LogP contribution >= 0.6 is 0 Å². The molecule has 2 aromatic carbocycles. The standard InChI is InChI=1S/C20H23N3O5/c1-26-16-11-14(12-17(27-2)20(16)28-3)13-21-23-19(25)10-9-18(24)22-15-7-5-4-6-8-15/h4-8,11-13H,9-10H2,1-3H3,(H,22,24)(H,23,25). The number of hydrazone groups is 1. The van der Waals surface area contributed by atoms with Crippen LogP contribution in [0.15, 0.2) is 47.6 Å². The molecule has 0 aliphatic heterocycles. The highest BCUT2D eigenvalue weighted by molar-refractivity contribution is 5.93. The number of methoxy groups -OCH3 is 3. The second-order valence-corrected chi connectivity index (χ2v) is 5.67. The van der Waals surface area contributed by atoms with Gasteiger partial charge in [-0.15, -0.1) is 0 Å². The molecule has 2 amide bonds. The molecule has 2 N–H and O–H groups in total. The van der Waals surface area contributed by atoms with Crippen molar-refractivity contribution in [3.63, 3.8) is 0 Å². The molecule has 0 bridgehead atoms. The number of hydrogen-bond acceptors (Lipinski definition) is 6. The van der Waals surface area contributed by atoms with Crippen molar-refractivity contribution in [3.05, 3.63) is 48.0 Å². The number of amides is 2. The maximum atomic E-state index is 11.9. The van der Waals surface area contributed by atoms with Gasteiger partial charge in [-0.05, 0) is 24.3 Å². The van der Waals surface area contributed by atoms with Crippen LogP contribution in [0.3, 0.4) is 0 Å². The van der Waals surface area contributed by atoms with Gasteiger partial charge in [-0.25, -0.2) is 5.43 Å². The van der Waals surface area contributed by atoms with E-state index in [2.05, 4.69) is 15.8 Å². The van der Waals surface area contributed by atoms with Crippen molar-refractivity contribution in [1.82, 2.24) is 5.43 Å². The van der Waals surface area contributed by atoms with E-state index in [1.807, 2.05) is 18.2 Å². The second kappa shape index (κ2) is 10.6. The van der Waals surface area contributed by atoms with Crippen LogP contribution in [0.1, 0.15) is 18.4 Å². The molecule has 0 radical (unpaired) electrons. The molecule has 28 heavy (non-hydrogen) atoms. The van der Waals surface area contributed by atoms with E-state index in [4.69, 9.17) is 14.2 Å². The first-order valence-electron chi connectivity index (χ1n) is 8.54. The third-order valence-electron chi connectivity index (χ3n) is 3.73. The summed E-state index contributed by atoms with van der Waals surface area (Å²) in [7, 11) is 4.54. The SMILES string of the molecule is COc1cc(C=NNC(=O)CCC(=O)Nc2ccccc2)cc(OC)c1OC. The number of benzene rings is 2. The van der Waals surface area contributed by atoms with Gasteiger partial charge in [-0.2, -0.15) is 5.10 Å². The van der Waals surface area contributed by atoms with Gasteiger partial charge in [0.25, 0.3) is 0 Å². The zero-order chi connectivity index (χ0) is 20.4. The van der Waals surface area contributed by atoms with Crippen LogP contribution in [-0.4, -0.2) is 39.4 Å². The lowest BCUT2D eigenvalue weighted by Crippen LogP contribution is -2.20. The fourth-order valence-corrected chi connectivity index (χ4v) is 2.38. The molecule has 2 rings (SSSR count). The summed E-state index contributed by atoms with van der Waals surface area (Å²) >= 11 is 0. The lowest BCUT2D eigenvalue weighted by Gasteiger charge is -2.12. The topological polar surface area (TPSA) is 98.2 Å². The van der Waals surface area contributed by atoms with E-state index in [-0.39, 0.29) is 24.7 Å². The molecule has 0 unspecified atom stereocenters. The van der Waals surface area contributed by atoms with Crippen molar-refractivity contribution in [3.8, 4) is 17.2 Å². The summed E-state index contributed by atoms with van der Waals surface area (Å²) in [5.41, 5.74) is 3.73. The smallest absolute Gasteiger partial charge is 0.240 e. The van der Waals surface area contributed by atoms with E-state index in [0.717, 1.165) is 0 Å². The monoisotopic (exact) mass is 385 g/mol. The Kier molecular flexibility index (Phi) is 7.83. The number of hydrogen-bond donors (Lipinski definition) is 2. The lowest BCUT2D eigenvalue weighted by molar-refractivity contribution is -0.124. The summed E-state index contributed by atoms with van der Waals surface area (Å²) in [4.78, 5) is 23.7. The molecule has 0 spiro atoms. The third kappa shape index (κ3) is 6.01. The normalized spacial score (nSPS) is 10.4. The van der Waals surface area contributed by atoms with Crippen LogP contribution in [0.2, 0.25) is 0 Å². The van der Waals surface area contributed by atoms with Crippen LogP contribution < -0.4 is 25.0 Å². The van der Waals surface area contributed by atoms with Gasteiger partial charge in [-0.3, -0.25) is 9.59 Å². The van der Waals surface area contributed by atoms with Gasteiger partial charge in [0.15, 0.2) is 11.5 Å². The van der Waals surface area contributed by atoms with Gasteiger partial charge >= 0.3 is 0 Å². The third-order valence-corrected chi connectivity index (χ3v) is 3.73. The predicted molar refractivity (Wildman–Crippen MR) is 106 cm³/mol. The minimum atomic E-state index is -0.369. The van der Waals surface area contributed by atoms with Gasteiger partial charge in [0.1, 0.15) is 0 Å². The van der Waals surface area contributed by atoms with Gasteiger partial charge in [0.05, 0.1) is 27.5 Å². The number of carbonyl (C=O) groups is 2. The van der Waals surface area contributed by atoms with Gasteiger partial charge in [0.2, 0.25) is 17.6 Å². The molecule has 0 aliphatic carbocycles. The summed E-state index contributed by atoms with van der Waals surface area (Å²) < 4.78 is 15.8. The summed E-state index contributed by atoms with van der Waals surface area (Å²) in [5, 5.41) is 6.62. The second-order valence-electron chi connectivity index (χ2n) is 5.67. The molecule has 2 aromatic rings. The Morgan fingerprint density at radius 2 is 1.54 bits per heavy atom. The molecule has 8 heteroatoms. The van der Waals surface area contributed by atoms with Crippen molar-refractivity contribution in [2.75, 3.05) is 26.6 Å².